The molecule has 1 saturated heterocycles. The lowest BCUT2D eigenvalue weighted by Gasteiger charge is -2.30. The largest absolute Gasteiger partial charge is 0.455 e. The smallest absolute Gasteiger partial charge is 0.416 e. The summed E-state index contributed by atoms with van der Waals surface area (Å²) in [6, 6.07) is 9.56. The predicted molar refractivity (Wildman–Crippen MR) is 110 cm³/mol. The molecule has 7 nitrogen and oxygen atoms in total. The molecule has 11 heteroatoms. The Morgan fingerprint density at radius 3 is 2.29 bits per heavy atom. The minimum Gasteiger partial charge on any atom is -0.455 e. The van der Waals surface area contributed by atoms with Crippen molar-refractivity contribution in [2.45, 2.75) is 25.6 Å². The summed E-state index contributed by atoms with van der Waals surface area (Å²) in [5.74, 6) is -1.45. The van der Waals surface area contributed by atoms with Crippen LogP contribution >= 0.6 is 0 Å². The minimum atomic E-state index is -4.44. The quantitative estimate of drug-likeness (QED) is 0.398. The summed E-state index contributed by atoms with van der Waals surface area (Å²) >= 11 is 0. The van der Waals surface area contributed by atoms with E-state index in [0.717, 1.165) is 12.1 Å². The molecule has 0 bridgehead atoms. The summed E-state index contributed by atoms with van der Waals surface area (Å²) in [5, 5.41) is 3.71. The van der Waals surface area contributed by atoms with Crippen LogP contribution in [0.3, 0.4) is 0 Å². The molecule has 1 fully saturated rings. The Morgan fingerprint density at radius 2 is 1.68 bits per heavy atom. The van der Waals surface area contributed by atoms with Crippen LogP contribution in [0, 0.1) is 11.7 Å². The first-order valence-electron chi connectivity index (χ1n) is 10.4. The van der Waals surface area contributed by atoms with Crippen molar-refractivity contribution in [3.63, 3.8) is 0 Å². The normalized spacial score (nSPS) is 14.8. The van der Waals surface area contributed by atoms with Crippen molar-refractivity contribution in [2.75, 3.05) is 13.1 Å². The van der Waals surface area contributed by atoms with Crippen molar-refractivity contribution in [1.29, 1.82) is 0 Å². The molecule has 1 amide bonds. The van der Waals surface area contributed by atoms with Gasteiger partial charge < -0.3 is 14.2 Å². The van der Waals surface area contributed by atoms with Gasteiger partial charge in [0.25, 0.3) is 11.8 Å². The first-order chi connectivity index (χ1) is 16.2. The number of benzene rings is 2. The van der Waals surface area contributed by atoms with Crippen LogP contribution < -0.4 is 0 Å². The summed E-state index contributed by atoms with van der Waals surface area (Å²) in [6.45, 7) is 0.435. The van der Waals surface area contributed by atoms with Crippen LogP contribution in [-0.2, 0) is 22.3 Å². The number of carbonyl (C=O) groups excluding carboxylic acids is 2. The number of ether oxygens (including phenoxy) is 1. The topological polar surface area (TPSA) is 85.5 Å². The van der Waals surface area contributed by atoms with E-state index in [9.17, 15) is 27.2 Å². The maximum atomic E-state index is 13.0. The van der Waals surface area contributed by atoms with Gasteiger partial charge in [0.15, 0.2) is 6.61 Å². The highest BCUT2D eigenvalue weighted by atomic mass is 19.4. The highest BCUT2D eigenvalue weighted by Gasteiger charge is 2.31. The number of likely N-dealkylation sites (tertiary alicyclic amines) is 1. The number of hydrogen-bond acceptors (Lipinski definition) is 6. The van der Waals surface area contributed by atoms with Crippen LogP contribution in [0.5, 0.6) is 0 Å². The maximum absolute atomic E-state index is 13.0. The average molecular weight is 477 g/mol. The van der Waals surface area contributed by atoms with E-state index < -0.39 is 29.4 Å². The Bertz CT molecular complexity index is 1150. The molecule has 1 aromatic heterocycles. The molecule has 0 radical (unpaired) electrons. The molecule has 2 heterocycles. The van der Waals surface area contributed by atoms with Crippen molar-refractivity contribution < 1.29 is 36.4 Å². The number of carbonyl (C=O) groups is 2. The second kappa shape index (κ2) is 9.62. The van der Waals surface area contributed by atoms with Crippen molar-refractivity contribution in [1.82, 2.24) is 15.0 Å². The zero-order valence-electron chi connectivity index (χ0n) is 17.7. The fourth-order valence-electron chi connectivity index (χ4n) is 3.58. The lowest BCUT2D eigenvalue weighted by molar-refractivity contribution is -0.152. The Labute approximate surface area is 191 Å². The van der Waals surface area contributed by atoms with E-state index in [4.69, 9.17) is 9.26 Å². The van der Waals surface area contributed by atoms with Gasteiger partial charge in [-0.15, -0.1) is 0 Å². The second-order valence-electron chi connectivity index (χ2n) is 7.77. The molecule has 34 heavy (non-hydrogen) atoms. The van der Waals surface area contributed by atoms with Gasteiger partial charge in [-0.1, -0.05) is 17.3 Å². The fourth-order valence-corrected chi connectivity index (χ4v) is 3.58. The molecule has 178 valence electrons. The van der Waals surface area contributed by atoms with Gasteiger partial charge in [-0.3, -0.25) is 9.59 Å². The standard InChI is InChI=1S/C23H19F4N3O4/c24-18-7-3-15(4-8-18)21(31)30-11-9-16(10-12-30)22(32)33-13-19-28-20(29-34-19)14-1-5-17(6-2-14)23(25,26)27/h1-8,16H,9-13H2. The summed E-state index contributed by atoms with van der Waals surface area (Å²) in [5.41, 5.74) is -0.0884. The van der Waals surface area contributed by atoms with E-state index >= 15 is 0 Å². The van der Waals surface area contributed by atoms with Crippen molar-refractivity contribution in [3.8, 4) is 11.4 Å². The molecular weight excluding hydrogens is 458 g/mol. The summed E-state index contributed by atoms with van der Waals surface area (Å²) in [6.07, 6.45) is -3.63. The number of piperidine rings is 1. The lowest BCUT2D eigenvalue weighted by atomic mass is 9.96. The molecule has 4 rings (SSSR count). The number of aromatic nitrogens is 2. The molecule has 0 spiro atoms. The molecule has 0 saturated carbocycles. The Morgan fingerprint density at radius 1 is 1.03 bits per heavy atom. The molecule has 3 aromatic rings. The number of rotatable bonds is 5. The van der Waals surface area contributed by atoms with Crippen molar-refractivity contribution in [3.05, 3.63) is 71.4 Å². The number of alkyl halides is 3. The van der Waals surface area contributed by atoms with E-state index in [2.05, 4.69) is 10.1 Å². The number of hydrogen-bond donors (Lipinski definition) is 0. The Hall–Kier alpha value is -3.76. The number of nitrogens with zero attached hydrogens (tertiary/aromatic N) is 3. The van der Waals surface area contributed by atoms with Gasteiger partial charge in [-0.2, -0.15) is 18.2 Å². The number of halogens is 4. The Kier molecular flexibility index (Phi) is 6.62. The monoisotopic (exact) mass is 477 g/mol. The first kappa shape index (κ1) is 23.4. The molecule has 0 aliphatic carbocycles. The molecule has 1 aliphatic rings. The third kappa shape index (κ3) is 5.41. The second-order valence-corrected chi connectivity index (χ2v) is 7.77. The van der Waals surface area contributed by atoms with Crippen LogP contribution in [-0.4, -0.2) is 40.0 Å². The van der Waals surface area contributed by atoms with Gasteiger partial charge in [0.1, 0.15) is 5.82 Å². The molecule has 0 N–H and O–H groups in total. The van der Waals surface area contributed by atoms with Crippen LogP contribution in [0.15, 0.2) is 53.1 Å². The zero-order chi connectivity index (χ0) is 24.3. The van der Waals surface area contributed by atoms with E-state index in [1.54, 1.807) is 4.90 Å². The van der Waals surface area contributed by atoms with Gasteiger partial charge in [0.2, 0.25) is 5.82 Å². The Balaban J connectivity index is 1.27. The summed E-state index contributed by atoms with van der Waals surface area (Å²) in [7, 11) is 0. The summed E-state index contributed by atoms with van der Waals surface area (Å²) < 4.78 is 61.3. The average Bonchev–Trinajstić information content (AvgIpc) is 3.31. The molecular formula is C23H19F4N3O4. The maximum Gasteiger partial charge on any atom is 0.416 e. The van der Waals surface area contributed by atoms with Gasteiger partial charge in [0, 0.05) is 24.2 Å². The lowest BCUT2D eigenvalue weighted by Crippen LogP contribution is -2.40. The van der Waals surface area contributed by atoms with Gasteiger partial charge in [-0.25, -0.2) is 4.39 Å². The predicted octanol–water partition coefficient (Wildman–Crippen LogP) is 4.49. The zero-order valence-corrected chi connectivity index (χ0v) is 17.7. The summed E-state index contributed by atoms with van der Waals surface area (Å²) in [4.78, 5) is 30.5. The molecule has 0 unspecified atom stereocenters. The van der Waals surface area contributed by atoms with Crippen LogP contribution in [0.1, 0.15) is 34.7 Å². The first-order valence-corrected chi connectivity index (χ1v) is 10.4. The molecule has 2 aromatic carbocycles. The van der Waals surface area contributed by atoms with E-state index in [1.807, 2.05) is 0 Å². The number of esters is 1. The third-order valence-corrected chi connectivity index (χ3v) is 5.48. The van der Waals surface area contributed by atoms with Crippen LogP contribution in [0.2, 0.25) is 0 Å². The van der Waals surface area contributed by atoms with Crippen LogP contribution in [0.4, 0.5) is 17.6 Å². The fraction of sp³-hybridized carbons (Fsp3) is 0.304. The van der Waals surface area contributed by atoms with Gasteiger partial charge in [0.05, 0.1) is 11.5 Å². The van der Waals surface area contributed by atoms with E-state index in [0.29, 0.717) is 37.1 Å². The van der Waals surface area contributed by atoms with Crippen molar-refractivity contribution >= 4 is 11.9 Å². The number of amides is 1. The molecule has 0 atom stereocenters. The minimum absolute atomic E-state index is 0.00664. The van der Waals surface area contributed by atoms with Crippen LogP contribution in [0.25, 0.3) is 11.4 Å². The van der Waals surface area contributed by atoms with Crippen molar-refractivity contribution in [2.24, 2.45) is 5.92 Å². The highest BCUT2D eigenvalue weighted by Crippen LogP contribution is 2.30. The van der Waals surface area contributed by atoms with Gasteiger partial charge >= 0.3 is 12.1 Å². The SMILES string of the molecule is O=C(OCc1nc(-c2ccc(C(F)(F)F)cc2)no1)C1CCN(C(=O)c2ccc(F)cc2)CC1. The van der Waals surface area contributed by atoms with Gasteiger partial charge in [-0.05, 0) is 49.2 Å². The highest BCUT2D eigenvalue weighted by molar-refractivity contribution is 5.94. The van der Waals surface area contributed by atoms with E-state index in [1.165, 1.54) is 36.4 Å². The van der Waals surface area contributed by atoms with E-state index in [-0.39, 0.29) is 24.2 Å². The third-order valence-electron chi connectivity index (χ3n) is 5.48. The molecule has 1 aliphatic heterocycles.